The zero-order valence-corrected chi connectivity index (χ0v) is 13.3. The van der Waals surface area contributed by atoms with E-state index in [2.05, 4.69) is 0 Å². The molecule has 0 bridgehead atoms. The molecule has 0 nitrogen and oxygen atoms in total. The maximum Gasteiger partial charge on any atom is 0.163 e. The molecule has 4 rings (SSSR count). The topological polar surface area (TPSA) is 0 Å². The van der Waals surface area contributed by atoms with Crippen LogP contribution in [0.4, 0.5) is 8.78 Å². The molecule has 3 aromatic rings. The molecule has 2 heteroatoms. The Kier molecular flexibility index (Phi) is 3.34. The van der Waals surface area contributed by atoms with E-state index in [0.29, 0.717) is 0 Å². The number of benzene rings is 3. The van der Waals surface area contributed by atoms with E-state index in [1.807, 2.05) is 48.5 Å². The predicted molar refractivity (Wildman–Crippen MR) is 93.9 cm³/mol. The molecule has 0 spiro atoms. The highest BCUT2D eigenvalue weighted by Gasteiger charge is 2.44. The van der Waals surface area contributed by atoms with Crippen molar-refractivity contribution in [1.29, 1.82) is 0 Å². The van der Waals surface area contributed by atoms with Gasteiger partial charge < -0.3 is 0 Å². The monoisotopic (exact) mass is 318 g/mol. The molecule has 1 aliphatic rings. The standard InChI is InChI=1S/C22H16F2/c1-22(21(24)20(23)15-9-3-2-4-10-15)18-13-7-5-11-16(18)17-12-6-8-14-19(17)22/h2-14H,1H3/b21-20+. The van der Waals surface area contributed by atoms with Crippen LogP contribution in [0.2, 0.25) is 0 Å². The lowest BCUT2D eigenvalue weighted by Gasteiger charge is -2.26. The second-order valence-corrected chi connectivity index (χ2v) is 6.21. The third-order valence-corrected chi connectivity index (χ3v) is 4.88. The summed E-state index contributed by atoms with van der Waals surface area (Å²) in [6.07, 6.45) is 0. The minimum atomic E-state index is -1.12. The summed E-state index contributed by atoms with van der Waals surface area (Å²) in [7, 11) is 0. The number of fused-ring (bicyclic) bond motifs is 3. The first-order valence-electron chi connectivity index (χ1n) is 7.94. The average Bonchev–Trinajstić information content (AvgIpc) is 2.92. The van der Waals surface area contributed by atoms with E-state index in [1.54, 1.807) is 37.3 Å². The van der Waals surface area contributed by atoms with Gasteiger partial charge in [-0.25, -0.2) is 8.78 Å². The highest BCUT2D eigenvalue weighted by Crippen LogP contribution is 2.54. The van der Waals surface area contributed by atoms with Crippen LogP contribution >= 0.6 is 0 Å². The smallest absolute Gasteiger partial charge is 0.163 e. The zero-order valence-electron chi connectivity index (χ0n) is 13.3. The first-order chi connectivity index (χ1) is 11.6. The number of rotatable bonds is 2. The molecule has 118 valence electrons. The zero-order chi connectivity index (χ0) is 16.7. The van der Waals surface area contributed by atoms with Gasteiger partial charge in [0, 0.05) is 5.56 Å². The van der Waals surface area contributed by atoms with Gasteiger partial charge in [-0.3, -0.25) is 0 Å². The molecule has 0 heterocycles. The lowest BCUT2D eigenvalue weighted by molar-refractivity contribution is 0.476. The fraction of sp³-hybridized carbons (Fsp3) is 0.0909. The molecule has 3 aromatic carbocycles. The molecule has 0 saturated heterocycles. The maximum atomic E-state index is 15.4. The van der Waals surface area contributed by atoms with Crippen LogP contribution in [0.5, 0.6) is 0 Å². The summed E-state index contributed by atoms with van der Waals surface area (Å²) in [5.41, 5.74) is 2.67. The van der Waals surface area contributed by atoms with Crippen molar-refractivity contribution in [3.8, 4) is 11.1 Å². The molecule has 0 aliphatic heterocycles. The van der Waals surface area contributed by atoms with Crippen LogP contribution in [-0.2, 0) is 5.41 Å². The second kappa shape index (κ2) is 5.41. The number of hydrogen-bond acceptors (Lipinski definition) is 0. The summed E-state index contributed by atoms with van der Waals surface area (Å²) >= 11 is 0. The van der Waals surface area contributed by atoms with Crippen LogP contribution < -0.4 is 0 Å². The van der Waals surface area contributed by atoms with Gasteiger partial charge in [-0.2, -0.15) is 0 Å². The molecule has 0 fully saturated rings. The summed E-state index contributed by atoms with van der Waals surface area (Å²) in [5.74, 6) is -1.55. The summed E-state index contributed by atoms with van der Waals surface area (Å²) < 4.78 is 30.4. The van der Waals surface area contributed by atoms with Gasteiger partial charge in [0.05, 0.1) is 5.41 Å². The second-order valence-electron chi connectivity index (χ2n) is 6.21. The van der Waals surface area contributed by atoms with Crippen molar-refractivity contribution in [1.82, 2.24) is 0 Å². The minimum absolute atomic E-state index is 0.262. The average molecular weight is 318 g/mol. The van der Waals surface area contributed by atoms with E-state index in [4.69, 9.17) is 0 Å². The Hall–Kier alpha value is -2.74. The van der Waals surface area contributed by atoms with E-state index in [1.165, 1.54) is 0 Å². The summed E-state index contributed by atoms with van der Waals surface area (Å²) in [6.45, 7) is 1.76. The van der Waals surface area contributed by atoms with Crippen molar-refractivity contribution in [2.24, 2.45) is 0 Å². The number of halogens is 2. The Balaban J connectivity index is 2.00. The molecule has 0 atom stereocenters. The van der Waals surface area contributed by atoms with Gasteiger partial charge in [0.2, 0.25) is 0 Å². The normalized spacial score (nSPS) is 15.5. The van der Waals surface area contributed by atoms with Crippen molar-refractivity contribution < 1.29 is 8.78 Å². The summed E-state index contributed by atoms with van der Waals surface area (Å²) in [4.78, 5) is 0. The number of hydrogen-bond donors (Lipinski definition) is 0. The first kappa shape index (κ1) is 14.8. The van der Waals surface area contributed by atoms with Crippen molar-refractivity contribution >= 4 is 5.83 Å². The van der Waals surface area contributed by atoms with Gasteiger partial charge in [0.1, 0.15) is 0 Å². The van der Waals surface area contributed by atoms with Crippen LogP contribution in [0.25, 0.3) is 17.0 Å². The fourth-order valence-electron chi connectivity index (χ4n) is 3.62. The maximum absolute atomic E-state index is 15.4. The van der Waals surface area contributed by atoms with E-state index in [-0.39, 0.29) is 5.56 Å². The Morgan fingerprint density at radius 2 is 1.12 bits per heavy atom. The largest absolute Gasteiger partial charge is 0.207 e. The lowest BCUT2D eigenvalue weighted by atomic mass is 9.78. The Morgan fingerprint density at radius 3 is 1.67 bits per heavy atom. The van der Waals surface area contributed by atoms with E-state index < -0.39 is 17.1 Å². The Morgan fingerprint density at radius 1 is 0.667 bits per heavy atom. The molecule has 0 amide bonds. The lowest BCUT2D eigenvalue weighted by Crippen LogP contribution is -2.22. The van der Waals surface area contributed by atoms with Gasteiger partial charge in [0.15, 0.2) is 11.7 Å². The van der Waals surface area contributed by atoms with E-state index in [0.717, 1.165) is 22.3 Å². The van der Waals surface area contributed by atoms with Crippen LogP contribution in [0.1, 0.15) is 23.6 Å². The van der Waals surface area contributed by atoms with Gasteiger partial charge in [-0.15, -0.1) is 0 Å². The quantitative estimate of drug-likeness (QED) is 0.521. The molecular formula is C22H16F2. The molecule has 0 saturated carbocycles. The van der Waals surface area contributed by atoms with Crippen LogP contribution in [0, 0.1) is 0 Å². The molecule has 0 aromatic heterocycles. The fourth-order valence-corrected chi connectivity index (χ4v) is 3.62. The SMILES string of the molecule is CC1(/C(F)=C(\F)c2ccccc2)c2ccccc2-c2ccccc21. The van der Waals surface area contributed by atoms with Gasteiger partial charge in [-0.05, 0) is 29.2 Å². The van der Waals surface area contributed by atoms with Gasteiger partial charge in [0.25, 0.3) is 0 Å². The molecule has 1 aliphatic carbocycles. The van der Waals surface area contributed by atoms with Crippen LogP contribution in [0.15, 0.2) is 84.7 Å². The first-order valence-corrected chi connectivity index (χ1v) is 7.94. The van der Waals surface area contributed by atoms with Gasteiger partial charge in [-0.1, -0.05) is 78.9 Å². The van der Waals surface area contributed by atoms with E-state index in [9.17, 15) is 4.39 Å². The third kappa shape index (κ3) is 1.96. The predicted octanol–water partition coefficient (Wildman–Crippen LogP) is 6.28. The third-order valence-electron chi connectivity index (χ3n) is 4.88. The van der Waals surface area contributed by atoms with Crippen LogP contribution in [-0.4, -0.2) is 0 Å². The van der Waals surface area contributed by atoms with Crippen molar-refractivity contribution in [2.45, 2.75) is 12.3 Å². The Labute approximate surface area is 140 Å². The van der Waals surface area contributed by atoms with Crippen molar-refractivity contribution in [3.05, 3.63) is 101 Å². The Bertz CT molecular complexity index is 893. The molecule has 0 unspecified atom stereocenters. The molecule has 0 N–H and O–H groups in total. The van der Waals surface area contributed by atoms with Crippen molar-refractivity contribution in [2.75, 3.05) is 0 Å². The van der Waals surface area contributed by atoms with Crippen molar-refractivity contribution in [3.63, 3.8) is 0 Å². The number of allylic oxidation sites excluding steroid dienone is 1. The molecule has 0 radical (unpaired) electrons. The van der Waals surface area contributed by atoms with Gasteiger partial charge >= 0.3 is 0 Å². The summed E-state index contributed by atoms with van der Waals surface area (Å²) in [6, 6.07) is 23.7. The van der Waals surface area contributed by atoms with E-state index >= 15 is 4.39 Å². The highest BCUT2D eigenvalue weighted by molar-refractivity contribution is 5.84. The molecular weight excluding hydrogens is 302 g/mol. The highest BCUT2D eigenvalue weighted by atomic mass is 19.2. The minimum Gasteiger partial charge on any atom is -0.207 e. The van der Waals surface area contributed by atoms with Crippen LogP contribution in [0.3, 0.4) is 0 Å². The molecule has 24 heavy (non-hydrogen) atoms. The summed E-state index contributed by atoms with van der Waals surface area (Å²) in [5, 5.41) is 0.